The SMILES string of the molecule is C=CC(=O)OC1(C(=O)OCC(CC)CCCC)CCCCC1C(=O)OCCCCCCCCCC. The van der Waals surface area contributed by atoms with Gasteiger partial charge in [-0.2, -0.15) is 0 Å². The molecule has 3 unspecified atom stereocenters. The van der Waals surface area contributed by atoms with Crippen LogP contribution >= 0.6 is 0 Å². The molecule has 0 bridgehead atoms. The second-order valence-electron chi connectivity index (χ2n) is 9.97. The molecule has 0 aromatic rings. The second-order valence-corrected chi connectivity index (χ2v) is 9.97. The molecule has 1 fully saturated rings. The van der Waals surface area contributed by atoms with Crippen molar-refractivity contribution in [3.63, 3.8) is 0 Å². The molecule has 1 aliphatic carbocycles. The molecule has 35 heavy (non-hydrogen) atoms. The van der Waals surface area contributed by atoms with Crippen LogP contribution in [0.15, 0.2) is 12.7 Å². The first-order chi connectivity index (χ1) is 16.9. The molecule has 0 radical (unpaired) electrons. The molecule has 0 spiro atoms. The quantitative estimate of drug-likeness (QED) is 0.0825. The lowest BCUT2D eigenvalue weighted by Crippen LogP contribution is -2.55. The minimum atomic E-state index is -1.64. The standard InChI is InChI=1S/C29H50O6/c1-5-9-11-12-13-14-15-18-22-33-27(31)25-20-16-17-21-29(25,35-26(30)8-4)28(32)34-23-24(7-3)19-10-6-2/h8,24-25H,4-7,9-23H2,1-3H3. The normalized spacial score (nSPS) is 20.6. The van der Waals surface area contributed by atoms with E-state index in [2.05, 4.69) is 27.4 Å². The number of carbonyl (C=O) groups excluding carboxylic acids is 3. The molecule has 1 rings (SSSR count). The van der Waals surface area contributed by atoms with Gasteiger partial charge in [0.15, 0.2) is 0 Å². The number of hydrogen-bond acceptors (Lipinski definition) is 6. The molecular weight excluding hydrogens is 444 g/mol. The van der Waals surface area contributed by atoms with Crippen molar-refractivity contribution in [2.45, 2.75) is 129 Å². The molecule has 0 amide bonds. The summed E-state index contributed by atoms with van der Waals surface area (Å²) >= 11 is 0. The Balaban J connectivity index is 2.74. The van der Waals surface area contributed by atoms with Gasteiger partial charge in [0.1, 0.15) is 5.92 Å². The van der Waals surface area contributed by atoms with Crippen LogP contribution in [0.5, 0.6) is 0 Å². The Bertz CT molecular complexity index is 631. The Kier molecular flexibility index (Phi) is 16.4. The molecule has 1 aliphatic rings. The number of rotatable bonds is 19. The zero-order chi connectivity index (χ0) is 25.9. The third-order valence-electron chi connectivity index (χ3n) is 7.17. The Morgan fingerprint density at radius 2 is 1.57 bits per heavy atom. The topological polar surface area (TPSA) is 78.9 Å². The van der Waals surface area contributed by atoms with E-state index in [0.29, 0.717) is 19.4 Å². The van der Waals surface area contributed by atoms with E-state index in [0.717, 1.165) is 57.4 Å². The monoisotopic (exact) mass is 494 g/mol. The summed E-state index contributed by atoms with van der Waals surface area (Å²) in [4.78, 5) is 38.7. The van der Waals surface area contributed by atoms with E-state index in [1.54, 1.807) is 0 Å². The second kappa shape index (κ2) is 18.4. The van der Waals surface area contributed by atoms with E-state index >= 15 is 0 Å². The van der Waals surface area contributed by atoms with Crippen molar-refractivity contribution in [2.24, 2.45) is 11.8 Å². The van der Waals surface area contributed by atoms with Crippen LogP contribution in [0.3, 0.4) is 0 Å². The van der Waals surface area contributed by atoms with Crippen molar-refractivity contribution in [1.29, 1.82) is 0 Å². The zero-order valence-electron chi connectivity index (χ0n) is 22.6. The lowest BCUT2D eigenvalue weighted by atomic mass is 9.75. The van der Waals surface area contributed by atoms with Crippen LogP contribution in [0.2, 0.25) is 0 Å². The fourth-order valence-corrected chi connectivity index (χ4v) is 4.80. The summed E-state index contributed by atoms with van der Waals surface area (Å²) < 4.78 is 16.9. The molecule has 0 saturated heterocycles. The van der Waals surface area contributed by atoms with Gasteiger partial charge < -0.3 is 14.2 Å². The Hall–Kier alpha value is -1.85. The minimum Gasteiger partial charge on any atom is -0.465 e. The van der Waals surface area contributed by atoms with Crippen molar-refractivity contribution in [3.05, 3.63) is 12.7 Å². The van der Waals surface area contributed by atoms with E-state index in [1.165, 1.54) is 32.1 Å². The summed E-state index contributed by atoms with van der Waals surface area (Å²) in [6, 6.07) is 0. The van der Waals surface area contributed by atoms with Gasteiger partial charge in [-0.25, -0.2) is 9.59 Å². The molecule has 6 heteroatoms. The van der Waals surface area contributed by atoms with Crippen LogP contribution in [0, 0.1) is 11.8 Å². The zero-order valence-corrected chi connectivity index (χ0v) is 22.6. The van der Waals surface area contributed by atoms with Crippen LogP contribution in [0.1, 0.15) is 124 Å². The summed E-state index contributed by atoms with van der Waals surface area (Å²) in [5, 5.41) is 0. The van der Waals surface area contributed by atoms with Crippen LogP contribution in [-0.2, 0) is 28.6 Å². The van der Waals surface area contributed by atoms with E-state index < -0.39 is 29.4 Å². The minimum absolute atomic E-state index is 0.252. The van der Waals surface area contributed by atoms with Crippen molar-refractivity contribution in [1.82, 2.24) is 0 Å². The molecule has 3 atom stereocenters. The predicted octanol–water partition coefficient (Wildman–Crippen LogP) is 7.09. The Labute approximate surface area is 213 Å². The van der Waals surface area contributed by atoms with E-state index in [-0.39, 0.29) is 18.9 Å². The van der Waals surface area contributed by atoms with Crippen LogP contribution in [0.4, 0.5) is 0 Å². The summed E-state index contributed by atoms with van der Waals surface area (Å²) in [5.74, 6) is -2.42. The Morgan fingerprint density at radius 1 is 0.914 bits per heavy atom. The van der Waals surface area contributed by atoms with Gasteiger partial charge in [0.05, 0.1) is 13.2 Å². The number of carbonyl (C=O) groups is 3. The largest absolute Gasteiger partial charge is 0.465 e. The molecule has 1 saturated carbocycles. The van der Waals surface area contributed by atoms with E-state index in [1.807, 2.05) is 0 Å². The first-order valence-corrected chi connectivity index (χ1v) is 14.1. The maximum atomic E-state index is 13.4. The van der Waals surface area contributed by atoms with Crippen LogP contribution in [0.25, 0.3) is 0 Å². The first-order valence-electron chi connectivity index (χ1n) is 14.1. The number of hydrogen-bond donors (Lipinski definition) is 0. The van der Waals surface area contributed by atoms with Crippen molar-refractivity contribution in [3.8, 4) is 0 Å². The van der Waals surface area contributed by atoms with Gasteiger partial charge in [-0.1, -0.05) is 98.0 Å². The van der Waals surface area contributed by atoms with Crippen LogP contribution < -0.4 is 0 Å². The van der Waals surface area contributed by atoms with Gasteiger partial charge in [0, 0.05) is 6.08 Å². The maximum absolute atomic E-state index is 13.4. The number of unbranched alkanes of at least 4 members (excludes halogenated alkanes) is 8. The fourth-order valence-electron chi connectivity index (χ4n) is 4.80. The molecular formula is C29H50O6. The molecule has 202 valence electrons. The van der Waals surface area contributed by atoms with Crippen molar-refractivity contribution in [2.75, 3.05) is 13.2 Å². The predicted molar refractivity (Wildman–Crippen MR) is 139 cm³/mol. The molecule has 0 aromatic carbocycles. The third kappa shape index (κ3) is 11.2. The van der Waals surface area contributed by atoms with Crippen molar-refractivity contribution >= 4 is 17.9 Å². The summed E-state index contributed by atoms with van der Waals surface area (Å²) in [5.41, 5.74) is -1.64. The highest BCUT2D eigenvalue weighted by atomic mass is 16.6. The highest BCUT2D eigenvalue weighted by Crippen LogP contribution is 2.39. The highest BCUT2D eigenvalue weighted by molar-refractivity contribution is 5.92. The fraction of sp³-hybridized carbons (Fsp3) is 0.828. The van der Waals surface area contributed by atoms with Gasteiger partial charge in [-0.15, -0.1) is 0 Å². The average Bonchev–Trinajstić information content (AvgIpc) is 2.87. The lowest BCUT2D eigenvalue weighted by Gasteiger charge is -2.39. The smallest absolute Gasteiger partial charge is 0.351 e. The van der Waals surface area contributed by atoms with Crippen LogP contribution in [-0.4, -0.2) is 36.7 Å². The third-order valence-corrected chi connectivity index (χ3v) is 7.17. The molecule has 0 heterocycles. The highest BCUT2D eigenvalue weighted by Gasteiger charge is 2.55. The number of esters is 3. The lowest BCUT2D eigenvalue weighted by molar-refractivity contribution is -0.199. The number of ether oxygens (including phenoxy) is 3. The van der Waals surface area contributed by atoms with Gasteiger partial charge in [0.25, 0.3) is 0 Å². The van der Waals surface area contributed by atoms with Gasteiger partial charge in [0.2, 0.25) is 5.60 Å². The molecule has 0 aliphatic heterocycles. The van der Waals surface area contributed by atoms with Gasteiger partial charge in [-0.05, 0) is 38.0 Å². The van der Waals surface area contributed by atoms with Gasteiger partial charge in [-0.3, -0.25) is 4.79 Å². The first kappa shape index (κ1) is 31.2. The maximum Gasteiger partial charge on any atom is 0.351 e. The van der Waals surface area contributed by atoms with Crippen molar-refractivity contribution < 1.29 is 28.6 Å². The summed E-state index contributed by atoms with van der Waals surface area (Å²) in [6.45, 7) is 10.5. The van der Waals surface area contributed by atoms with Gasteiger partial charge >= 0.3 is 17.9 Å². The Morgan fingerprint density at radius 3 is 2.20 bits per heavy atom. The summed E-state index contributed by atoms with van der Waals surface area (Å²) in [7, 11) is 0. The molecule has 0 aromatic heterocycles. The van der Waals surface area contributed by atoms with E-state index in [4.69, 9.17) is 14.2 Å². The summed E-state index contributed by atoms with van der Waals surface area (Å²) in [6.07, 6.45) is 16.4. The average molecular weight is 495 g/mol. The van der Waals surface area contributed by atoms with E-state index in [9.17, 15) is 14.4 Å². The molecule has 0 N–H and O–H groups in total. The molecule has 6 nitrogen and oxygen atoms in total.